The molecule has 6 nitrogen and oxygen atoms in total. The van der Waals surface area contributed by atoms with E-state index in [2.05, 4.69) is 15.5 Å². The fourth-order valence-corrected chi connectivity index (χ4v) is 2.59. The lowest BCUT2D eigenvalue weighted by Crippen LogP contribution is -2.40. The molecule has 2 aromatic carbocycles. The quantitative estimate of drug-likeness (QED) is 0.777. The molecule has 116 valence electrons. The summed E-state index contributed by atoms with van der Waals surface area (Å²) in [5.41, 5.74) is 1.22. The maximum absolute atomic E-state index is 12.3. The second kappa shape index (κ2) is 5.64. The summed E-state index contributed by atoms with van der Waals surface area (Å²) in [4.78, 5) is 12.3. The molecule has 4 rings (SSSR count). The van der Waals surface area contributed by atoms with Gasteiger partial charge < -0.3 is 14.8 Å². The Balaban J connectivity index is 1.43. The van der Waals surface area contributed by atoms with E-state index in [1.54, 1.807) is 0 Å². The highest BCUT2D eigenvalue weighted by molar-refractivity contribution is 6.04. The molecule has 1 amide bonds. The van der Waals surface area contributed by atoms with Crippen molar-refractivity contribution >= 4 is 16.8 Å². The van der Waals surface area contributed by atoms with E-state index in [9.17, 15) is 4.79 Å². The Kier molecular flexibility index (Phi) is 3.34. The monoisotopic (exact) mass is 309 g/mol. The van der Waals surface area contributed by atoms with Crippen LogP contribution >= 0.6 is 0 Å². The molecule has 0 saturated heterocycles. The van der Waals surface area contributed by atoms with Gasteiger partial charge in [0.2, 0.25) is 0 Å². The topological polar surface area (TPSA) is 76.2 Å². The number of H-pyrrole nitrogens is 1. The Bertz CT molecular complexity index is 859. The molecule has 1 unspecified atom stereocenters. The third-order valence-corrected chi connectivity index (χ3v) is 3.74. The number of para-hydroxylation sites is 3. The number of hydrogen-bond acceptors (Lipinski definition) is 4. The number of rotatable bonds is 3. The van der Waals surface area contributed by atoms with Gasteiger partial charge in [-0.05, 0) is 18.2 Å². The van der Waals surface area contributed by atoms with Crippen LogP contribution in [0.5, 0.6) is 11.5 Å². The first-order chi connectivity index (χ1) is 11.3. The van der Waals surface area contributed by atoms with E-state index in [1.807, 2.05) is 48.5 Å². The van der Waals surface area contributed by atoms with Crippen LogP contribution in [0.25, 0.3) is 10.9 Å². The molecular weight excluding hydrogens is 294 g/mol. The van der Waals surface area contributed by atoms with Gasteiger partial charge in [-0.2, -0.15) is 5.10 Å². The Labute approximate surface area is 132 Å². The number of aromatic amines is 1. The second-order valence-corrected chi connectivity index (χ2v) is 5.33. The van der Waals surface area contributed by atoms with Crippen LogP contribution in [0.3, 0.4) is 0 Å². The first kappa shape index (κ1) is 13.6. The molecule has 3 aromatic rings. The van der Waals surface area contributed by atoms with Crippen LogP contribution in [0.15, 0.2) is 48.5 Å². The normalized spacial score (nSPS) is 16.3. The summed E-state index contributed by atoms with van der Waals surface area (Å²) >= 11 is 0. The zero-order valence-corrected chi connectivity index (χ0v) is 12.3. The molecular formula is C17H15N3O3. The van der Waals surface area contributed by atoms with Crippen molar-refractivity contribution < 1.29 is 14.3 Å². The van der Waals surface area contributed by atoms with Crippen molar-refractivity contribution in [3.63, 3.8) is 0 Å². The molecule has 0 bridgehead atoms. The third kappa shape index (κ3) is 2.59. The number of nitrogens with zero attached hydrogens (tertiary/aromatic N) is 1. The lowest BCUT2D eigenvalue weighted by atomic mass is 10.2. The molecule has 0 radical (unpaired) electrons. The van der Waals surface area contributed by atoms with Gasteiger partial charge in [-0.25, -0.2) is 0 Å². The molecule has 0 fully saturated rings. The van der Waals surface area contributed by atoms with E-state index < -0.39 is 0 Å². The number of ether oxygens (including phenoxy) is 2. The smallest absolute Gasteiger partial charge is 0.272 e. The Morgan fingerprint density at radius 1 is 1.17 bits per heavy atom. The average Bonchev–Trinajstić information content (AvgIpc) is 3.03. The first-order valence-corrected chi connectivity index (χ1v) is 7.41. The summed E-state index contributed by atoms with van der Waals surface area (Å²) in [7, 11) is 0. The fourth-order valence-electron chi connectivity index (χ4n) is 2.59. The zero-order chi connectivity index (χ0) is 15.6. The van der Waals surface area contributed by atoms with E-state index in [4.69, 9.17) is 9.47 Å². The van der Waals surface area contributed by atoms with Gasteiger partial charge in [0, 0.05) is 5.39 Å². The lowest BCUT2D eigenvalue weighted by molar-refractivity contribution is 0.0787. The standard InChI is InChI=1S/C17H15N3O3/c21-17(16-12-5-1-2-6-13(12)19-20-16)18-9-11-10-22-14-7-3-4-8-15(14)23-11/h1-8,11H,9-10H2,(H,18,21)(H,19,20). The third-order valence-electron chi connectivity index (χ3n) is 3.74. The van der Waals surface area contributed by atoms with Crippen LogP contribution in [0.1, 0.15) is 10.5 Å². The number of nitrogens with one attached hydrogen (secondary N) is 2. The van der Waals surface area contributed by atoms with E-state index in [0.717, 1.165) is 16.7 Å². The molecule has 2 N–H and O–H groups in total. The first-order valence-electron chi connectivity index (χ1n) is 7.41. The van der Waals surface area contributed by atoms with Crippen LogP contribution in [0, 0.1) is 0 Å². The van der Waals surface area contributed by atoms with Crippen molar-refractivity contribution in [2.24, 2.45) is 0 Å². The predicted molar refractivity (Wildman–Crippen MR) is 84.8 cm³/mol. The largest absolute Gasteiger partial charge is 0.486 e. The van der Waals surface area contributed by atoms with Crippen LogP contribution in [-0.4, -0.2) is 35.4 Å². The van der Waals surface area contributed by atoms with Crippen molar-refractivity contribution in [3.05, 3.63) is 54.2 Å². The lowest BCUT2D eigenvalue weighted by Gasteiger charge is -2.26. The van der Waals surface area contributed by atoms with E-state index in [1.165, 1.54) is 0 Å². The summed E-state index contributed by atoms with van der Waals surface area (Å²) in [5.74, 6) is 1.20. The Morgan fingerprint density at radius 3 is 2.87 bits per heavy atom. The minimum absolute atomic E-state index is 0.223. The van der Waals surface area contributed by atoms with E-state index >= 15 is 0 Å². The van der Waals surface area contributed by atoms with Crippen molar-refractivity contribution in [2.45, 2.75) is 6.10 Å². The molecule has 1 aliphatic heterocycles. The van der Waals surface area contributed by atoms with Gasteiger partial charge in [-0.15, -0.1) is 0 Å². The van der Waals surface area contributed by atoms with Gasteiger partial charge in [0.25, 0.3) is 5.91 Å². The van der Waals surface area contributed by atoms with Crippen molar-refractivity contribution in [1.29, 1.82) is 0 Å². The zero-order valence-electron chi connectivity index (χ0n) is 12.3. The van der Waals surface area contributed by atoms with Gasteiger partial charge in [0.15, 0.2) is 17.2 Å². The van der Waals surface area contributed by atoms with Crippen LogP contribution in [0.2, 0.25) is 0 Å². The maximum atomic E-state index is 12.3. The highest BCUT2D eigenvalue weighted by Gasteiger charge is 2.22. The Morgan fingerprint density at radius 2 is 1.96 bits per heavy atom. The number of hydrogen-bond donors (Lipinski definition) is 2. The van der Waals surface area contributed by atoms with Crippen molar-refractivity contribution in [2.75, 3.05) is 13.2 Å². The van der Waals surface area contributed by atoms with E-state index in [-0.39, 0.29) is 12.0 Å². The van der Waals surface area contributed by atoms with Gasteiger partial charge in [0.05, 0.1) is 12.1 Å². The van der Waals surface area contributed by atoms with Gasteiger partial charge in [0.1, 0.15) is 12.7 Å². The molecule has 1 aromatic heterocycles. The van der Waals surface area contributed by atoms with Crippen LogP contribution in [-0.2, 0) is 0 Å². The van der Waals surface area contributed by atoms with Crippen molar-refractivity contribution in [3.8, 4) is 11.5 Å². The van der Waals surface area contributed by atoms with Gasteiger partial charge >= 0.3 is 0 Å². The summed E-state index contributed by atoms with van der Waals surface area (Å²) in [6.45, 7) is 0.757. The average molecular weight is 309 g/mol. The molecule has 6 heteroatoms. The molecule has 2 heterocycles. The highest BCUT2D eigenvalue weighted by Crippen LogP contribution is 2.30. The summed E-state index contributed by atoms with van der Waals surface area (Å²) in [6, 6.07) is 15.0. The minimum atomic E-state index is -0.232. The molecule has 0 saturated carbocycles. The minimum Gasteiger partial charge on any atom is -0.486 e. The summed E-state index contributed by atoms with van der Waals surface area (Å²) < 4.78 is 11.5. The summed E-state index contributed by atoms with van der Waals surface area (Å²) in [6.07, 6.45) is -0.223. The van der Waals surface area contributed by atoms with E-state index in [0.29, 0.717) is 24.6 Å². The molecule has 0 aliphatic carbocycles. The highest BCUT2D eigenvalue weighted by atomic mass is 16.6. The number of benzene rings is 2. The number of amides is 1. The maximum Gasteiger partial charge on any atom is 0.272 e. The summed E-state index contributed by atoms with van der Waals surface area (Å²) in [5, 5.41) is 10.6. The predicted octanol–water partition coefficient (Wildman–Crippen LogP) is 2.13. The molecule has 0 spiro atoms. The van der Waals surface area contributed by atoms with Crippen molar-refractivity contribution in [1.82, 2.24) is 15.5 Å². The Hall–Kier alpha value is -3.02. The van der Waals surface area contributed by atoms with Crippen LogP contribution in [0.4, 0.5) is 0 Å². The van der Waals surface area contributed by atoms with Gasteiger partial charge in [-0.1, -0.05) is 30.3 Å². The number of fused-ring (bicyclic) bond motifs is 2. The molecule has 1 atom stereocenters. The number of carbonyl (C=O) groups is 1. The molecule has 23 heavy (non-hydrogen) atoms. The van der Waals surface area contributed by atoms with Gasteiger partial charge in [-0.3, -0.25) is 9.89 Å². The number of carbonyl (C=O) groups excluding carboxylic acids is 1. The van der Waals surface area contributed by atoms with Crippen LogP contribution < -0.4 is 14.8 Å². The molecule has 1 aliphatic rings. The SMILES string of the molecule is O=C(NCC1COc2ccccc2O1)c1n[nH]c2ccccc12. The second-order valence-electron chi connectivity index (χ2n) is 5.33. The number of aromatic nitrogens is 2. The fraction of sp³-hybridized carbons (Fsp3) is 0.176.